The summed E-state index contributed by atoms with van der Waals surface area (Å²) in [5, 5.41) is 13.1. The Morgan fingerprint density at radius 3 is 2.09 bits per heavy atom. The van der Waals surface area contributed by atoms with Crippen LogP contribution in [-0.2, 0) is 14.0 Å². The highest BCUT2D eigenvalue weighted by molar-refractivity contribution is 6.99. The fourth-order valence-corrected chi connectivity index (χ4v) is 10.3. The SMILES string of the molecule is CC1=CC[C@@H]2OC(=O)C(O)[C@]2(C)[C@H]1CO[Si](c1ccccc1)(c1ccccc1)C(C)(C)C. The smallest absolute Gasteiger partial charge is 0.336 e. The lowest BCUT2D eigenvalue weighted by molar-refractivity contribution is -0.147. The number of esters is 1. The molecule has 1 aliphatic heterocycles. The van der Waals surface area contributed by atoms with E-state index in [0.29, 0.717) is 13.0 Å². The van der Waals surface area contributed by atoms with E-state index in [-0.39, 0.29) is 17.1 Å². The number of aliphatic hydroxyl groups excluding tert-OH is 1. The van der Waals surface area contributed by atoms with E-state index in [1.807, 2.05) is 19.1 Å². The normalized spacial score (nSPS) is 28.1. The first-order valence-corrected chi connectivity index (χ1v) is 13.3. The van der Waals surface area contributed by atoms with E-state index < -0.39 is 25.8 Å². The molecule has 2 aromatic rings. The molecule has 1 N–H and O–H groups in total. The molecule has 5 heteroatoms. The zero-order valence-electron chi connectivity index (χ0n) is 19.7. The summed E-state index contributed by atoms with van der Waals surface area (Å²) >= 11 is 0. The van der Waals surface area contributed by atoms with Crippen LogP contribution in [0, 0.1) is 11.3 Å². The van der Waals surface area contributed by atoms with Crippen LogP contribution in [-0.4, -0.2) is 38.2 Å². The summed E-state index contributed by atoms with van der Waals surface area (Å²) in [6.45, 7) is 11.2. The zero-order chi connectivity index (χ0) is 23.1. The first-order valence-electron chi connectivity index (χ1n) is 11.4. The molecule has 1 fully saturated rings. The fraction of sp³-hybridized carbons (Fsp3) is 0.444. The van der Waals surface area contributed by atoms with Gasteiger partial charge in [0.05, 0.1) is 5.41 Å². The van der Waals surface area contributed by atoms with Crippen molar-refractivity contribution in [1.82, 2.24) is 0 Å². The number of hydrogen-bond donors (Lipinski definition) is 1. The third-order valence-corrected chi connectivity index (χ3v) is 12.6. The van der Waals surface area contributed by atoms with Crippen molar-refractivity contribution in [1.29, 1.82) is 0 Å². The van der Waals surface area contributed by atoms with Gasteiger partial charge in [0.25, 0.3) is 8.32 Å². The number of carbonyl (C=O) groups excluding carboxylic acids is 1. The molecule has 0 aromatic heterocycles. The van der Waals surface area contributed by atoms with Gasteiger partial charge in [0.1, 0.15) is 6.10 Å². The standard InChI is InChI=1S/C27H34O4Si/c1-19-16-17-23-27(5,24(28)25(29)31-23)22(19)18-30-32(26(2,3)4,20-12-8-6-9-13-20)21-14-10-7-11-15-21/h6-16,22-24,28H,17-18H2,1-5H3/t22-,23-,24?,27+/m0/s1. The summed E-state index contributed by atoms with van der Waals surface area (Å²) in [7, 11) is -2.71. The second kappa shape index (κ2) is 8.29. The molecule has 4 rings (SSSR count). The molecule has 0 saturated carbocycles. The lowest BCUT2D eigenvalue weighted by Crippen LogP contribution is -2.67. The van der Waals surface area contributed by atoms with Gasteiger partial charge in [0, 0.05) is 18.9 Å². The minimum atomic E-state index is -2.71. The number of hydrogen-bond acceptors (Lipinski definition) is 4. The first-order chi connectivity index (χ1) is 15.1. The van der Waals surface area contributed by atoms with E-state index in [9.17, 15) is 9.90 Å². The molecule has 0 radical (unpaired) electrons. The molecule has 32 heavy (non-hydrogen) atoms. The van der Waals surface area contributed by atoms with Gasteiger partial charge in [-0.05, 0) is 22.3 Å². The number of ether oxygens (including phenoxy) is 1. The number of rotatable bonds is 5. The molecule has 2 aromatic carbocycles. The third kappa shape index (κ3) is 3.47. The highest BCUT2D eigenvalue weighted by Gasteiger charge is 2.60. The molecule has 4 nitrogen and oxygen atoms in total. The van der Waals surface area contributed by atoms with Gasteiger partial charge in [0.2, 0.25) is 0 Å². The number of benzene rings is 2. The largest absolute Gasteiger partial charge is 0.459 e. The Morgan fingerprint density at radius 1 is 1.06 bits per heavy atom. The molecule has 0 spiro atoms. The Morgan fingerprint density at radius 2 is 1.59 bits per heavy atom. The van der Waals surface area contributed by atoms with Crippen molar-refractivity contribution in [2.75, 3.05) is 6.61 Å². The van der Waals surface area contributed by atoms with Crippen LogP contribution < -0.4 is 10.4 Å². The van der Waals surface area contributed by atoms with Crippen LogP contribution in [0.25, 0.3) is 0 Å². The zero-order valence-corrected chi connectivity index (χ0v) is 20.7. The Bertz CT molecular complexity index is 956. The summed E-state index contributed by atoms with van der Waals surface area (Å²) in [5.41, 5.74) is 0.459. The molecule has 2 aliphatic rings. The summed E-state index contributed by atoms with van der Waals surface area (Å²) < 4.78 is 12.7. The molecule has 1 aliphatic carbocycles. The molecular weight excluding hydrogens is 416 g/mol. The highest BCUT2D eigenvalue weighted by Crippen LogP contribution is 2.50. The van der Waals surface area contributed by atoms with Crippen molar-refractivity contribution in [3.8, 4) is 0 Å². The summed E-state index contributed by atoms with van der Waals surface area (Å²) in [6, 6.07) is 21.1. The van der Waals surface area contributed by atoms with Gasteiger partial charge < -0.3 is 14.3 Å². The second-order valence-corrected chi connectivity index (χ2v) is 14.7. The van der Waals surface area contributed by atoms with Crippen molar-refractivity contribution in [3.63, 3.8) is 0 Å². The Hall–Kier alpha value is -2.21. The van der Waals surface area contributed by atoms with Gasteiger partial charge in [0.15, 0.2) is 6.10 Å². The van der Waals surface area contributed by atoms with E-state index >= 15 is 0 Å². The van der Waals surface area contributed by atoms with Crippen molar-refractivity contribution < 1.29 is 19.1 Å². The second-order valence-electron chi connectivity index (χ2n) is 10.4. The van der Waals surface area contributed by atoms with Crippen LogP contribution >= 0.6 is 0 Å². The Balaban J connectivity index is 1.80. The first kappa shape index (κ1) is 23.0. The van der Waals surface area contributed by atoms with E-state index in [1.54, 1.807) is 0 Å². The molecule has 1 unspecified atom stereocenters. The minimum absolute atomic E-state index is 0.107. The van der Waals surface area contributed by atoms with E-state index in [1.165, 1.54) is 10.4 Å². The predicted molar refractivity (Wildman–Crippen MR) is 129 cm³/mol. The molecule has 0 amide bonds. The number of aliphatic hydroxyl groups is 1. The van der Waals surface area contributed by atoms with E-state index in [0.717, 1.165) is 5.57 Å². The fourth-order valence-electron chi connectivity index (χ4n) is 5.69. The topological polar surface area (TPSA) is 55.8 Å². The molecule has 170 valence electrons. The summed E-state index contributed by atoms with van der Waals surface area (Å²) in [5.74, 6) is -0.625. The van der Waals surface area contributed by atoms with Gasteiger partial charge in [-0.2, -0.15) is 0 Å². The maximum Gasteiger partial charge on any atom is 0.336 e. The maximum atomic E-state index is 12.3. The number of carbonyl (C=O) groups is 1. The lowest BCUT2D eigenvalue weighted by Gasteiger charge is -2.47. The Labute approximate surface area is 192 Å². The van der Waals surface area contributed by atoms with Crippen LogP contribution in [0.2, 0.25) is 5.04 Å². The van der Waals surface area contributed by atoms with Crippen LogP contribution in [0.3, 0.4) is 0 Å². The minimum Gasteiger partial charge on any atom is -0.459 e. The van der Waals surface area contributed by atoms with Crippen molar-refractivity contribution in [2.45, 2.75) is 58.3 Å². The van der Waals surface area contributed by atoms with Crippen LogP contribution in [0.15, 0.2) is 72.3 Å². The van der Waals surface area contributed by atoms with E-state index in [2.05, 4.69) is 82.3 Å². The average Bonchev–Trinajstić information content (AvgIpc) is 3.00. The summed E-state index contributed by atoms with van der Waals surface area (Å²) in [6.07, 6.45) is 1.32. The van der Waals surface area contributed by atoms with Crippen molar-refractivity contribution in [2.24, 2.45) is 11.3 Å². The number of fused-ring (bicyclic) bond motifs is 1. The molecule has 1 heterocycles. The highest BCUT2D eigenvalue weighted by atomic mass is 28.4. The van der Waals surface area contributed by atoms with E-state index in [4.69, 9.17) is 9.16 Å². The van der Waals surface area contributed by atoms with Gasteiger partial charge in [-0.15, -0.1) is 0 Å². The van der Waals surface area contributed by atoms with Crippen LogP contribution in [0.1, 0.15) is 41.0 Å². The summed E-state index contributed by atoms with van der Waals surface area (Å²) in [4.78, 5) is 12.3. The van der Waals surface area contributed by atoms with Gasteiger partial charge in [-0.1, -0.05) is 100 Å². The Kier molecular flexibility index (Phi) is 5.95. The van der Waals surface area contributed by atoms with Crippen molar-refractivity contribution in [3.05, 3.63) is 72.3 Å². The van der Waals surface area contributed by atoms with Crippen LogP contribution in [0.4, 0.5) is 0 Å². The van der Waals surface area contributed by atoms with Crippen molar-refractivity contribution >= 4 is 24.7 Å². The molecule has 1 saturated heterocycles. The quantitative estimate of drug-likeness (QED) is 0.427. The average molecular weight is 451 g/mol. The van der Waals surface area contributed by atoms with Gasteiger partial charge in [-0.3, -0.25) is 0 Å². The maximum absolute atomic E-state index is 12.3. The molecular formula is C27H34O4Si. The molecule has 0 bridgehead atoms. The van der Waals surface area contributed by atoms with Gasteiger partial charge in [-0.25, -0.2) is 4.79 Å². The van der Waals surface area contributed by atoms with Crippen LogP contribution in [0.5, 0.6) is 0 Å². The lowest BCUT2D eigenvalue weighted by atomic mass is 9.64. The molecule has 4 atom stereocenters. The predicted octanol–water partition coefficient (Wildman–Crippen LogP) is 3.82. The monoisotopic (exact) mass is 450 g/mol. The van der Waals surface area contributed by atoms with Gasteiger partial charge >= 0.3 is 5.97 Å². The third-order valence-electron chi connectivity index (χ3n) is 7.60.